The lowest BCUT2D eigenvalue weighted by Crippen LogP contribution is -2.44. The maximum absolute atomic E-state index is 14.1. The monoisotopic (exact) mass is 519 g/mol. The van der Waals surface area contributed by atoms with Gasteiger partial charge in [-0.3, -0.25) is 9.69 Å². The molecule has 0 aliphatic carbocycles. The minimum Gasteiger partial charge on any atom is -0.480 e. The van der Waals surface area contributed by atoms with E-state index in [1.165, 1.54) is 37.3 Å². The van der Waals surface area contributed by atoms with E-state index >= 15 is 0 Å². The molecule has 2 aromatic rings. The van der Waals surface area contributed by atoms with Crippen LogP contribution in [0.4, 0.5) is 4.39 Å². The molecule has 2 saturated heterocycles. The Morgan fingerprint density at radius 1 is 1.16 bits per heavy atom. The summed E-state index contributed by atoms with van der Waals surface area (Å²) in [6.45, 7) is 10.4. The van der Waals surface area contributed by atoms with E-state index in [9.17, 15) is 14.3 Å². The molecule has 1 N–H and O–H groups in total. The average Bonchev–Trinajstić information content (AvgIpc) is 3.27. The van der Waals surface area contributed by atoms with Gasteiger partial charge in [-0.05, 0) is 98.3 Å². The molecule has 0 bridgehead atoms. The zero-order chi connectivity index (χ0) is 27.2. The fraction of sp³-hybridized carbons (Fsp3) is 0.562. The van der Waals surface area contributed by atoms with E-state index in [1.54, 1.807) is 12.1 Å². The number of piperidine rings is 1. The fourth-order valence-corrected chi connectivity index (χ4v) is 6.69. The highest BCUT2D eigenvalue weighted by atomic mass is 19.1. The number of nitrogens with zero attached hydrogens (tertiary/aromatic N) is 3. The summed E-state index contributed by atoms with van der Waals surface area (Å²) in [7, 11) is 0. The second-order valence-electron chi connectivity index (χ2n) is 11.8. The molecular formula is C32H42FN3O2. The van der Waals surface area contributed by atoms with E-state index in [4.69, 9.17) is 5.26 Å². The van der Waals surface area contributed by atoms with Crippen LogP contribution in [-0.4, -0.2) is 59.6 Å². The van der Waals surface area contributed by atoms with Gasteiger partial charge in [-0.1, -0.05) is 44.5 Å². The third-order valence-electron chi connectivity index (χ3n) is 8.71. The Bertz CT molecular complexity index is 1140. The summed E-state index contributed by atoms with van der Waals surface area (Å²) in [6, 6.07) is 14.8. The molecule has 2 aliphatic heterocycles. The fourth-order valence-electron chi connectivity index (χ4n) is 6.69. The lowest BCUT2D eigenvalue weighted by Gasteiger charge is -2.35. The Morgan fingerprint density at radius 2 is 1.92 bits per heavy atom. The highest BCUT2D eigenvalue weighted by Crippen LogP contribution is 2.36. The second kappa shape index (κ2) is 12.9. The molecule has 204 valence electrons. The van der Waals surface area contributed by atoms with Crippen molar-refractivity contribution in [3.8, 4) is 6.07 Å². The SMILES string of the molecule is Cc1cc(CCCC2CCN(C[C@H]3CN([C@@H](C(=O)O)C(C)C)C[C@@H]3c3cccc(F)c3)CC2)ccc1C#N. The van der Waals surface area contributed by atoms with Crippen LogP contribution in [0.1, 0.15) is 67.7 Å². The molecular weight excluding hydrogens is 477 g/mol. The van der Waals surface area contributed by atoms with Crippen molar-refractivity contribution in [2.45, 2.75) is 64.8 Å². The Hall–Kier alpha value is -2.75. The summed E-state index contributed by atoms with van der Waals surface area (Å²) in [5.41, 5.74) is 4.12. The Kier molecular flexibility index (Phi) is 9.57. The topological polar surface area (TPSA) is 67.6 Å². The van der Waals surface area contributed by atoms with Crippen molar-refractivity contribution >= 4 is 5.97 Å². The van der Waals surface area contributed by atoms with Crippen LogP contribution in [0.5, 0.6) is 0 Å². The van der Waals surface area contributed by atoms with Crippen LogP contribution < -0.4 is 0 Å². The third kappa shape index (κ3) is 7.01. The number of hydrogen-bond donors (Lipinski definition) is 1. The van der Waals surface area contributed by atoms with Crippen molar-refractivity contribution in [2.75, 3.05) is 32.7 Å². The van der Waals surface area contributed by atoms with Gasteiger partial charge < -0.3 is 10.0 Å². The van der Waals surface area contributed by atoms with Crippen LogP contribution in [0.25, 0.3) is 0 Å². The average molecular weight is 520 g/mol. The Labute approximate surface area is 227 Å². The zero-order valence-corrected chi connectivity index (χ0v) is 23.1. The van der Waals surface area contributed by atoms with Crippen molar-refractivity contribution in [2.24, 2.45) is 17.8 Å². The lowest BCUT2D eigenvalue weighted by molar-refractivity contribution is -0.144. The number of carboxylic acid groups (broad SMARTS) is 1. The Balaban J connectivity index is 1.32. The second-order valence-corrected chi connectivity index (χ2v) is 11.8. The summed E-state index contributed by atoms with van der Waals surface area (Å²) in [5.74, 6) is 0.185. The van der Waals surface area contributed by atoms with Gasteiger partial charge in [-0.2, -0.15) is 5.26 Å². The maximum Gasteiger partial charge on any atom is 0.321 e. The predicted molar refractivity (Wildman–Crippen MR) is 148 cm³/mol. The molecule has 6 heteroatoms. The van der Waals surface area contributed by atoms with Crippen molar-refractivity contribution in [3.05, 3.63) is 70.5 Å². The molecule has 0 aromatic heterocycles. The highest BCUT2D eigenvalue weighted by molar-refractivity contribution is 5.73. The molecule has 2 fully saturated rings. The smallest absolute Gasteiger partial charge is 0.321 e. The van der Waals surface area contributed by atoms with Crippen LogP contribution >= 0.6 is 0 Å². The van der Waals surface area contributed by atoms with Crippen molar-refractivity contribution in [1.82, 2.24) is 9.80 Å². The quantitative estimate of drug-likeness (QED) is 0.426. The minimum absolute atomic E-state index is 0.0170. The van der Waals surface area contributed by atoms with E-state index < -0.39 is 12.0 Å². The first-order valence-corrected chi connectivity index (χ1v) is 14.2. The molecule has 3 atom stereocenters. The van der Waals surface area contributed by atoms with Gasteiger partial charge in [0.1, 0.15) is 11.9 Å². The summed E-state index contributed by atoms with van der Waals surface area (Å²) in [5, 5.41) is 19.0. The van der Waals surface area contributed by atoms with Crippen molar-refractivity contribution in [3.63, 3.8) is 0 Å². The van der Waals surface area contributed by atoms with Crippen molar-refractivity contribution < 1.29 is 14.3 Å². The van der Waals surface area contributed by atoms with Gasteiger partial charge in [0.05, 0.1) is 11.6 Å². The molecule has 2 aromatic carbocycles. The number of carboxylic acids is 1. The number of nitriles is 1. The lowest BCUT2D eigenvalue weighted by atomic mass is 9.86. The summed E-state index contributed by atoms with van der Waals surface area (Å²) in [6.07, 6.45) is 5.83. The minimum atomic E-state index is -0.768. The predicted octanol–water partition coefficient (Wildman–Crippen LogP) is 5.87. The van der Waals surface area contributed by atoms with Crippen LogP contribution in [0.15, 0.2) is 42.5 Å². The molecule has 0 spiro atoms. The molecule has 0 radical (unpaired) electrons. The summed E-state index contributed by atoms with van der Waals surface area (Å²) in [4.78, 5) is 16.7. The van der Waals surface area contributed by atoms with E-state index in [0.29, 0.717) is 6.54 Å². The molecule has 38 heavy (non-hydrogen) atoms. The van der Waals surface area contributed by atoms with E-state index in [2.05, 4.69) is 28.0 Å². The summed E-state index contributed by atoms with van der Waals surface area (Å²) >= 11 is 0. The van der Waals surface area contributed by atoms with Crippen LogP contribution in [-0.2, 0) is 11.2 Å². The number of aryl methyl sites for hydroxylation is 2. The molecule has 0 unspecified atom stereocenters. The number of aliphatic carboxylic acids is 1. The van der Waals surface area contributed by atoms with E-state index in [0.717, 1.165) is 55.2 Å². The van der Waals surface area contributed by atoms with Crippen LogP contribution in [0.3, 0.4) is 0 Å². The van der Waals surface area contributed by atoms with Crippen LogP contribution in [0, 0.1) is 41.8 Å². The largest absolute Gasteiger partial charge is 0.480 e. The normalized spacial score (nSPS) is 22.0. The number of halogens is 1. The first-order valence-electron chi connectivity index (χ1n) is 14.2. The van der Waals surface area contributed by atoms with E-state index in [-0.39, 0.29) is 23.6 Å². The molecule has 4 rings (SSSR count). The maximum atomic E-state index is 14.1. The number of rotatable bonds is 10. The van der Waals surface area contributed by atoms with Gasteiger partial charge in [0.15, 0.2) is 0 Å². The van der Waals surface area contributed by atoms with Gasteiger partial charge in [0.2, 0.25) is 0 Å². The zero-order valence-electron chi connectivity index (χ0n) is 23.1. The van der Waals surface area contributed by atoms with E-state index in [1.807, 2.05) is 32.9 Å². The molecule has 5 nitrogen and oxygen atoms in total. The number of carbonyl (C=O) groups is 1. The highest BCUT2D eigenvalue weighted by Gasteiger charge is 2.41. The number of hydrogen-bond acceptors (Lipinski definition) is 4. The van der Waals surface area contributed by atoms with Gasteiger partial charge >= 0.3 is 5.97 Å². The standard InChI is InChI=1S/C32H42FN3O2/c1-22(2)31(32(37)38)36-20-28(30(21-36)26-8-5-9-29(33)17-26)19-35-14-12-24(13-15-35)6-4-7-25-10-11-27(18-34)23(3)16-25/h5,8-11,16-17,22,24,28,30-31H,4,6-7,12-15,19-21H2,1-3H3,(H,37,38)/t28-,30+,31+/m0/s1. The van der Waals surface area contributed by atoms with Crippen molar-refractivity contribution in [1.29, 1.82) is 5.26 Å². The third-order valence-corrected chi connectivity index (χ3v) is 8.71. The first-order chi connectivity index (χ1) is 18.2. The molecule has 2 aliphatic rings. The van der Waals surface area contributed by atoms with Gasteiger partial charge in [-0.15, -0.1) is 0 Å². The Morgan fingerprint density at radius 3 is 2.55 bits per heavy atom. The number of benzene rings is 2. The van der Waals surface area contributed by atoms with Gasteiger partial charge in [-0.25, -0.2) is 4.39 Å². The van der Waals surface area contributed by atoms with Gasteiger partial charge in [0.25, 0.3) is 0 Å². The molecule has 0 saturated carbocycles. The summed E-state index contributed by atoms with van der Waals surface area (Å²) < 4.78 is 14.1. The van der Waals surface area contributed by atoms with Crippen LogP contribution in [0.2, 0.25) is 0 Å². The van der Waals surface area contributed by atoms with Gasteiger partial charge in [0, 0.05) is 25.6 Å². The molecule has 2 heterocycles. The number of likely N-dealkylation sites (tertiary alicyclic amines) is 2. The molecule has 0 amide bonds. The first kappa shape index (κ1) is 28.3.